The highest BCUT2D eigenvalue weighted by Gasteiger charge is 2.35. The zero-order valence-corrected chi connectivity index (χ0v) is 29.3. The van der Waals surface area contributed by atoms with Crippen molar-refractivity contribution >= 4 is 48.3 Å². The topological polar surface area (TPSA) is 183 Å². The molecule has 2 atom stereocenters. The van der Waals surface area contributed by atoms with Gasteiger partial charge in [-0.25, -0.2) is 15.2 Å². The number of hydrogen-bond donors (Lipinski definition) is 4. The number of rotatable bonds is 18. The van der Waals surface area contributed by atoms with Gasteiger partial charge in [0.2, 0.25) is 13.4 Å². The normalized spacial score (nSPS) is 13.1. The number of esters is 2. The van der Waals surface area contributed by atoms with Gasteiger partial charge in [-0.1, -0.05) is 60.7 Å². The number of imidazole rings is 1. The molecule has 2 heterocycles. The first-order valence-corrected chi connectivity index (χ1v) is 18.9. The van der Waals surface area contributed by atoms with Crippen molar-refractivity contribution in [1.82, 2.24) is 29.7 Å². The Morgan fingerprint density at radius 2 is 1.42 bits per heavy atom. The summed E-state index contributed by atoms with van der Waals surface area (Å²) in [6, 6.07) is 16.9. The van der Waals surface area contributed by atoms with Crippen LogP contribution < -0.4 is 21.5 Å². The smallest absolute Gasteiger partial charge is 0.324 e. The molecule has 4 aromatic rings. The highest BCUT2D eigenvalue weighted by Crippen LogP contribution is 2.39. The van der Waals surface area contributed by atoms with E-state index in [1.165, 1.54) is 18.1 Å². The van der Waals surface area contributed by atoms with Crippen LogP contribution in [0.25, 0.3) is 11.2 Å². The summed E-state index contributed by atoms with van der Waals surface area (Å²) < 4.78 is 27.8. The van der Waals surface area contributed by atoms with Crippen molar-refractivity contribution in [3.63, 3.8) is 0 Å². The molecule has 2 aromatic heterocycles. The number of aromatic nitrogens is 4. The van der Waals surface area contributed by atoms with Crippen molar-refractivity contribution in [3.05, 3.63) is 88.5 Å². The van der Waals surface area contributed by atoms with Gasteiger partial charge in [0.1, 0.15) is 12.1 Å². The quantitative estimate of drug-likeness (QED) is 0.0669. The van der Waals surface area contributed by atoms with E-state index in [0.29, 0.717) is 23.7 Å². The number of hydrogen-bond acceptors (Lipinski definition) is 10. The van der Waals surface area contributed by atoms with Crippen LogP contribution in [0.3, 0.4) is 0 Å². The van der Waals surface area contributed by atoms with Crippen molar-refractivity contribution < 1.29 is 23.6 Å². The van der Waals surface area contributed by atoms with Gasteiger partial charge >= 0.3 is 11.9 Å². The largest absolute Gasteiger partial charge is 0.462 e. The minimum Gasteiger partial charge on any atom is -0.462 e. The van der Waals surface area contributed by atoms with E-state index in [1.807, 2.05) is 60.7 Å². The van der Waals surface area contributed by atoms with E-state index in [2.05, 4.69) is 25.1 Å². The number of nitrogens with two attached hydrogens (primary N) is 1. The summed E-state index contributed by atoms with van der Waals surface area (Å²) in [4.78, 5) is 49.7. The van der Waals surface area contributed by atoms with Crippen LogP contribution >= 0.6 is 19.2 Å². The van der Waals surface area contributed by atoms with E-state index in [1.54, 1.807) is 32.3 Å². The Kier molecular flexibility index (Phi) is 13.4. The van der Waals surface area contributed by atoms with Gasteiger partial charge < -0.3 is 19.8 Å². The van der Waals surface area contributed by atoms with Crippen LogP contribution in [0.2, 0.25) is 0 Å². The minimum atomic E-state index is -3.67. The lowest BCUT2D eigenvalue weighted by atomic mass is 10.1. The van der Waals surface area contributed by atoms with Gasteiger partial charge in [-0.05, 0) is 51.7 Å². The Morgan fingerprint density at radius 1 is 0.896 bits per heavy atom. The van der Waals surface area contributed by atoms with Crippen LogP contribution in [0.5, 0.6) is 0 Å². The van der Waals surface area contributed by atoms with Crippen LogP contribution in [0.4, 0.5) is 5.95 Å². The second-order valence-electron chi connectivity index (χ2n) is 11.9. The Morgan fingerprint density at radius 3 is 1.92 bits per heavy atom. The number of ether oxygens (including phenoxy) is 2. The van der Waals surface area contributed by atoms with E-state index in [-0.39, 0.29) is 42.7 Å². The molecular formula is C33H44N7O6PS. The molecule has 0 spiro atoms. The van der Waals surface area contributed by atoms with Gasteiger partial charge in [-0.15, -0.1) is 0 Å². The average Bonchev–Trinajstić information content (AvgIpc) is 3.43. The van der Waals surface area contributed by atoms with Crippen molar-refractivity contribution in [2.75, 3.05) is 23.4 Å². The molecule has 4 rings (SSSR count). The monoisotopic (exact) mass is 697 g/mol. The molecule has 5 N–H and O–H groups in total. The number of thioether (sulfide) groups is 1. The van der Waals surface area contributed by atoms with E-state index >= 15 is 0 Å². The fraction of sp³-hybridized carbons (Fsp3) is 0.424. The standard InChI is InChI=1S/C33H44N7O6PS/c1-22(2)45-31(42)26(19-24-11-7-5-8-12-24)38-47(44,39-27(32(43)46-23(3)4)20-25-13-9-6-10-14-25)16-18-48-17-15-40-21-35-28-29(40)36-33(34)37-30(28)41/h5-14,21-23,26-27H,15-20H2,1-4H3,(H2,38,39,44)(H3,34,36,37,41)/t26-,27-/m0/s1. The van der Waals surface area contributed by atoms with E-state index < -0.39 is 37.0 Å². The molecule has 2 aromatic carbocycles. The first-order chi connectivity index (χ1) is 22.9. The molecule has 48 heavy (non-hydrogen) atoms. The number of aromatic amines is 1. The predicted octanol–water partition coefficient (Wildman–Crippen LogP) is 3.93. The van der Waals surface area contributed by atoms with Gasteiger partial charge in [-0.3, -0.25) is 23.9 Å². The zero-order chi connectivity index (χ0) is 34.7. The van der Waals surface area contributed by atoms with E-state index in [4.69, 9.17) is 15.2 Å². The summed E-state index contributed by atoms with van der Waals surface area (Å²) in [6.07, 6.45) is 1.33. The van der Waals surface area contributed by atoms with Crippen LogP contribution in [-0.2, 0) is 43.0 Å². The number of benzene rings is 2. The van der Waals surface area contributed by atoms with Gasteiger partial charge in [0.05, 0.1) is 18.5 Å². The molecule has 258 valence electrons. The molecule has 0 aliphatic carbocycles. The molecule has 15 heteroatoms. The SMILES string of the molecule is CC(C)OC(=O)[C@H](Cc1ccccc1)NP(=O)(CCSCCn1cnc2c(=O)[nH]c(N)nc21)N[C@@H](Cc1ccccc1)C(=O)OC(C)C. The molecule has 0 saturated carbocycles. The average molecular weight is 698 g/mol. The lowest BCUT2D eigenvalue weighted by Crippen LogP contribution is -2.47. The molecule has 0 amide bonds. The third-order valence-corrected chi connectivity index (χ3v) is 10.7. The number of aryl methyl sites for hydroxylation is 1. The van der Waals surface area contributed by atoms with Crippen molar-refractivity contribution in [2.24, 2.45) is 0 Å². The molecule has 0 unspecified atom stereocenters. The maximum Gasteiger partial charge on any atom is 0.324 e. The number of nitrogen functional groups attached to an aromatic ring is 1. The summed E-state index contributed by atoms with van der Waals surface area (Å²) in [5.41, 5.74) is 7.61. The van der Waals surface area contributed by atoms with Crippen molar-refractivity contribution in [1.29, 1.82) is 0 Å². The zero-order valence-electron chi connectivity index (χ0n) is 27.6. The van der Waals surface area contributed by atoms with E-state index in [0.717, 1.165) is 11.1 Å². The Hall–Kier alpha value is -3.97. The van der Waals surface area contributed by atoms with Crippen LogP contribution in [0.1, 0.15) is 38.8 Å². The molecular weight excluding hydrogens is 653 g/mol. The molecule has 0 radical (unpaired) electrons. The summed E-state index contributed by atoms with van der Waals surface area (Å²) >= 11 is 1.52. The fourth-order valence-corrected chi connectivity index (χ4v) is 8.76. The highest BCUT2D eigenvalue weighted by molar-refractivity contribution is 7.99. The second kappa shape index (κ2) is 17.4. The molecule has 0 aliphatic heterocycles. The number of anilines is 1. The maximum absolute atomic E-state index is 14.9. The summed E-state index contributed by atoms with van der Waals surface area (Å²) in [7, 11) is -3.67. The number of nitrogens with one attached hydrogen (secondary N) is 3. The number of nitrogens with zero attached hydrogens (tertiary/aromatic N) is 3. The van der Waals surface area contributed by atoms with Gasteiger partial charge in [-0.2, -0.15) is 16.7 Å². The third-order valence-electron chi connectivity index (χ3n) is 7.09. The third kappa shape index (κ3) is 11.0. The van der Waals surface area contributed by atoms with Gasteiger partial charge in [0.15, 0.2) is 11.2 Å². The molecule has 0 saturated heterocycles. The summed E-state index contributed by atoms with van der Waals surface area (Å²) in [5, 5.41) is 6.24. The lowest BCUT2D eigenvalue weighted by molar-refractivity contribution is -0.150. The van der Waals surface area contributed by atoms with Crippen LogP contribution in [-0.4, -0.2) is 73.4 Å². The molecule has 13 nitrogen and oxygen atoms in total. The van der Waals surface area contributed by atoms with Gasteiger partial charge in [0, 0.05) is 24.2 Å². The molecule has 0 fully saturated rings. The van der Waals surface area contributed by atoms with Crippen LogP contribution in [0, 0.1) is 0 Å². The van der Waals surface area contributed by atoms with Crippen LogP contribution in [0.15, 0.2) is 71.8 Å². The fourth-order valence-electron chi connectivity index (χ4n) is 4.95. The number of H-pyrrole nitrogens is 1. The highest BCUT2D eigenvalue weighted by atomic mass is 32.2. The predicted molar refractivity (Wildman–Crippen MR) is 189 cm³/mol. The summed E-state index contributed by atoms with van der Waals surface area (Å²) in [6.45, 7) is 7.50. The van der Waals surface area contributed by atoms with Gasteiger partial charge in [0.25, 0.3) is 5.56 Å². The first-order valence-electron chi connectivity index (χ1n) is 15.8. The second-order valence-corrected chi connectivity index (χ2v) is 15.5. The Bertz CT molecular complexity index is 1680. The van der Waals surface area contributed by atoms with Crippen molar-refractivity contribution in [2.45, 2.75) is 71.4 Å². The first kappa shape index (κ1) is 36.9. The minimum absolute atomic E-state index is 0.00194. The Balaban J connectivity index is 1.56. The summed E-state index contributed by atoms with van der Waals surface area (Å²) in [5.74, 6) is -0.0921. The lowest BCUT2D eigenvalue weighted by Gasteiger charge is -2.30. The Labute approximate surface area is 284 Å². The number of fused-ring (bicyclic) bond motifs is 1. The number of carbonyl (C=O) groups excluding carboxylic acids is 2. The van der Waals surface area contributed by atoms with E-state index in [9.17, 15) is 18.9 Å². The van der Waals surface area contributed by atoms with Crippen molar-refractivity contribution in [3.8, 4) is 0 Å². The molecule has 0 bridgehead atoms. The maximum atomic E-state index is 14.9. The number of carbonyl (C=O) groups is 2. The molecule has 0 aliphatic rings.